The fourth-order valence-electron chi connectivity index (χ4n) is 2.32. The van der Waals surface area contributed by atoms with E-state index in [0.717, 1.165) is 27.3 Å². The smallest absolute Gasteiger partial charge is 0.240 e. The first kappa shape index (κ1) is 15.0. The topological polar surface area (TPSA) is 58.2 Å². The summed E-state index contributed by atoms with van der Waals surface area (Å²) < 4.78 is 28.3. The lowest BCUT2D eigenvalue weighted by Crippen LogP contribution is -2.25. The summed E-state index contributed by atoms with van der Waals surface area (Å²) >= 11 is 5.02. The zero-order chi connectivity index (χ0) is 14.9. The van der Waals surface area contributed by atoms with E-state index in [1.807, 2.05) is 18.2 Å². The highest BCUT2D eigenvalue weighted by Crippen LogP contribution is 2.25. The van der Waals surface area contributed by atoms with Crippen molar-refractivity contribution in [2.24, 2.45) is 0 Å². The lowest BCUT2D eigenvalue weighted by Gasteiger charge is -2.08. The Hall–Kier alpha value is -0.890. The highest BCUT2D eigenvalue weighted by Gasteiger charge is 2.17. The van der Waals surface area contributed by atoms with Gasteiger partial charge in [-0.25, -0.2) is 13.1 Å². The summed E-state index contributed by atoms with van der Waals surface area (Å²) in [5, 5.41) is 3.20. The number of halogens is 1. The molecule has 1 aliphatic heterocycles. The van der Waals surface area contributed by atoms with E-state index >= 15 is 0 Å². The summed E-state index contributed by atoms with van der Waals surface area (Å²) in [4.78, 5) is 1.48. The summed E-state index contributed by atoms with van der Waals surface area (Å²) in [5.74, 6) is 0. The Morgan fingerprint density at radius 1 is 1.29 bits per heavy atom. The van der Waals surface area contributed by atoms with Gasteiger partial charge in [0.15, 0.2) is 0 Å². The number of hydrogen-bond donors (Lipinski definition) is 2. The molecule has 0 bridgehead atoms. The molecule has 1 aliphatic rings. The van der Waals surface area contributed by atoms with Crippen LogP contribution < -0.4 is 10.0 Å². The van der Waals surface area contributed by atoms with Crippen LogP contribution in [0.1, 0.15) is 10.4 Å². The van der Waals surface area contributed by atoms with Crippen molar-refractivity contribution in [1.29, 1.82) is 0 Å². The summed E-state index contributed by atoms with van der Waals surface area (Å²) in [6.07, 6.45) is 1.65. The van der Waals surface area contributed by atoms with Gasteiger partial charge in [0.1, 0.15) is 0 Å². The van der Waals surface area contributed by atoms with Crippen LogP contribution in [-0.2, 0) is 22.9 Å². The lowest BCUT2D eigenvalue weighted by atomic mass is 10.2. The van der Waals surface area contributed by atoms with E-state index in [2.05, 4.69) is 26.0 Å². The van der Waals surface area contributed by atoms with Gasteiger partial charge in [-0.1, -0.05) is 6.07 Å². The van der Waals surface area contributed by atoms with Crippen molar-refractivity contribution in [1.82, 2.24) is 4.72 Å². The van der Waals surface area contributed by atoms with E-state index in [0.29, 0.717) is 17.9 Å². The van der Waals surface area contributed by atoms with Crippen molar-refractivity contribution in [3.05, 3.63) is 44.6 Å². The quantitative estimate of drug-likeness (QED) is 0.829. The van der Waals surface area contributed by atoms with Crippen molar-refractivity contribution in [2.45, 2.75) is 17.7 Å². The number of fused-ring (bicyclic) bond motifs is 1. The predicted molar refractivity (Wildman–Crippen MR) is 89.5 cm³/mol. The molecular formula is C14H15BrN2O2S2. The summed E-state index contributed by atoms with van der Waals surface area (Å²) in [6.45, 7) is 1.28. The molecule has 0 fully saturated rings. The molecule has 3 rings (SSSR count). The normalized spacial score (nSPS) is 14.0. The van der Waals surface area contributed by atoms with Gasteiger partial charge in [0, 0.05) is 23.7 Å². The highest BCUT2D eigenvalue weighted by atomic mass is 79.9. The van der Waals surface area contributed by atoms with Gasteiger partial charge in [-0.05, 0) is 58.6 Å². The van der Waals surface area contributed by atoms with Crippen LogP contribution in [0.25, 0.3) is 0 Å². The fraction of sp³-hybridized carbons (Fsp3) is 0.286. The predicted octanol–water partition coefficient (Wildman–Crippen LogP) is 3.00. The van der Waals surface area contributed by atoms with Crippen LogP contribution in [0, 0.1) is 0 Å². The minimum Gasteiger partial charge on any atom is -0.384 e. The molecule has 0 unspecified atom stereocenters. The largest absolute Gasteiger partial charge is 0.384 e. The second kappa shape index (κ2) is 6.08. The Labute approximate surface area is 136 Å². The maximum Gasteiger partial charge on any atom is 0.240 e. The Bertz CT molecular complexity index is 756. The molecule has 0 spiro atoms. The van der Waals surface area contributed by atoms with Gasteiger partial charge in [-0.15, -0.1) is 11.3 Å². The number of thiophene rings is 1. The van der Waals surface area contributed by atoms with Gasteiger partial charge < -0.3 is 5.32 Å². The van der Waals surface area contributed by atoms with E-state index in [4.69, 9.17) is 0 Å². The van der Waals surface area contributed by atoms with Crippen molar-refractivity contribution in [3.63, 3.8) is 0 Å². The molecule has 21 heavy (non-hydrogen) atoms. The van der Waals surface area contributed by atoms with Crippen molar-refractivity contribution in [3.8, 4) is 0 Å². The average Bonchev–Trinajstić information content (AvgIpc) is 3.06. The molecular weight excluding hydrogens is 372 g/mol. The number of nitrogens with one attached hydrogen (secondary N) is 2. The standard InChI is InChI=1S/C14H15BrN2O2S2/c15-14-4-2-11(20-14)6-8-17-21(18,19)12-3-1-10-5-7-16-13(10)9-12/h1-4,9,16-17H,5-8H2. The number of anilines is 1. The Kier molecular flexibility index (Phi) is 4.35. The Morgan fingerprint density at radius 2 is 2.14 bits per heavy atom. The molecule has 2 heterocycles. The first-order valence-electron chi connectivity index (χ1n) is 6.65. The van der Waals surface area contributed by atoms with Crippen LogP contribution in [0.4, 0.5) is 5.69 Å². The first-order valence-corrected chi connectivity index (χ1v) is 9.74. The van der Waals surface area contributed by atoms with E-state index in [-0.39, 0.29) is 0 Å². The second-order valence-electron chi connectivity index (χ2n) is 4.85. The second-order valence-corrected chi connectivity index (χ2v) is 9.16. The number of hydrogen-bond acceptors (Lipinski definition) is 4. The van der Waals surface area contributed by atoms with Crippen molar-refractivity contribution < 1.29 is 8.42 Å². The van der Waals surface area contributed by atoms with E-state index in [1.165, 1.54) is 5.56 Å². The molecule has 0 saturated heterocycles. The van der Waals surface area contributed by atoms with Crippen LogP contribution in [0.15, 0.2) is 39.0 Å². The minimum absolute atomic E-state index is 0.322. The molecule has 0 saturated carbocycles. The molecule has 7 heteroatoms. The van der Waals surface area contributed by atoms with Crippen molar-refractivity contribution in [2.75, 3.05) is 18.4 Å². The van der Waals surface area contributed by atoms with Gasteiger partial charge in [-0.2, -0.15) is 0 Å². The zero-order valence-electron chi connectivity index (χ0n) is 11.2. The van der Waals surface area contributed by atoms with Crippen LogP contribution in [0.3, 0.4) is 0 Å². The summed E-state index contributed by atoms with van der Waals surface area (Å²) in [7, 11) is -3.44. The van der Waals surface area contributed by atoms with Crippen LogP contribution in [-0.4, -0.2) is 21.5 Å². The number of rotatable bonds is 5. The molecule has 112 valence electrons. The van der Waals surface area contributed by atoms with Gasteiger partial charge in [0.05, 0.1) is 8.68 Å². The van der Waals surface area contributed by atoms with Gasteiger partial charge in [0.2, 0.25) is 10.0 Å². The number of benzene rings is 1. The maximum absolute atomic E-state index is 12.3. The molecule has 0 aliphatic carbocycles. The number of sulfonamides is 1. The van der Waals surface area contributed by atoms with Gasteiger partial charge in [-0.3, -0.25) is 0 Å². The first-order chi connectivity index (χ1) is 10.0. The molecule has 2 aromatic rings. The van der Waals surface area contributed by atoms with E-state index < -0.39 is 10.0 Å². The molecule has 1 aromatic heterocycles. The third-order valence-corrected chi connectivity index (χ3v) is 6.54. The third-order valence-electron chi connectivity index (χ3n) is 3.39. The SMILES string of the molecule is O=S(=O)(NCCc1ccc(Br)s1)c1ccc2c(c1)NCC2. The van der Waals surface area contributed by atoms with Crippen LogP contribution in [0.2, 0.25) is 0 Å². The summed E-state index contributed by atoms with van der Waals surface area (Å²) in [5.41, 5.74) is 2.11. The lowest BCUT2D eigenvalue weighted by molar-refractivity contribution is 0.582. The van der Waals surface area contributed by atoms with Crippen LogP contribution in [0.5, 0.6) is 0 Å². The van der Waals surface area contributed by atoms with Gasteiger partial charge in [0.25, 0.3) is 0 Å². The highest BCUT2D eigenvalue weighted by molar-refractivity contribution is 9.11. The monoisotopic (exact) mass is 386 g/mol. The molecule has 1 aromatic carbocycles. The van der Waals surface area contributed by atoms with E-state index in [9.17, 15) is 8.42 Å². The molecule has 4 nitrogen and oxygen atoms in total. The third kappa shape index (κ3) is 3.48. The molecule has 0 radical (unpaired) electrons. The van der Waals surface area contributed by atoms with Crippen molar-refractivity contribution >= 4 is 43.0 Å². The fourth-order valence-corrected chi connectivity index (χ4v) is 4.86. The van der Waals surface area contributed by atoms with E-state index in [1.54, 1.807) is 23.5 Å². The average molecular weight is 387 g/mol. The molecule has 2 N–H and O–H groups in total. The van der Waals surface area contributed by atoms with Crippen LogP contribution >= 0.6 is 27.3 Å². The zero-order valence-corrected chi connectivity index (χ0v) is 14.4. The Morgan fingerprint density at radius 3 is 2.90 bits per heavy atom. The Balaban J connectivity index is 1.66. The maximum atomic E-state index is 12.3. The summed E-state index contributed by atoms with van der Waals surface area (Å²) in [6, 6.07) is 9.26. The minimum atomic E-state index is -3.44. The van der Waals surface area contributed by atoms with Gasteiger partial charge >= 0.3 is 0 Å². The molecule has 0 atom stereocenters. The molecule has 0 amide bonds.